The number of halogens is 2. The third kappa shape index (κ3) is 5.28. The molecule has 2 heterocycles. The fraction of sp³-hybridized carbons (Fsp3) is 0.276. The van der Waals surface area contributed by atoms with E-state index >= 15 is 0 Å². The zero-order chi connectivity index (χ0) is 26.7. The molecule has 0 bridgehead atoms. The van der Waals surface area contributed by atoms with Crippen LogP contribution in [0.15, 0.2) is 78.9 Å². The molecule has 0 radical (unpaired) electrons. The molecule has 2 aliphatic heterocycles. The predicted molar refractivity (Wildman–Crippen MR) is 140 cm³/mol. The third-order valence-electron chi connectivity index (χ3n) is 7.09. The molecule has 196 valence electrons. The lowest BCUT2D eigenvalue weighted by molar-refractivity contribution is -0.128. The second-order valence-electron chi connectivity index (χ2n) is 9.46. The molecule has 1 unspecified atom stereocenters. The van der Waals surface area contributed by atoms with Gasteiger partial charge in [0.25, 0.3) is 11.8 Å². The number of piperidine rings is 1. The van der Waals surface area contributed by atoms with Gasteiger partial charge in [-0.05, 0) is 48.0 Å². The minimum atomic E-state index is -1.09. The fourth-order valence-corrected chi connectivity index (χ4v) is 5.19. The Morgan fingerprint density at radius 1 is 0.921 bits per heavy atom. The van der Waals surface area contributed by atoms with E-state index in [4.69, 9.17) is 16.3 Å². The smallest absolute Gasteiger partial charge is 0.256 e. The minimum Gasteiger partial charge on any atom is -0.353 e. The van der Waals surface area contributed by atoms with E-state index < -0.39 is 23.5 Å². The molecule has 2 saturated heterocycles. The number of nitrogens with zero attached hydrogens (tertiary/aromatic N) is 2. The molecule has 38 heavy (non-hydrogen) atoms. The van der Waals surface area contributed by atoms with Crippen LogP contribution in [0.3, 0.4) is 0 Å². The number of carbonyl (C=O) groups excluding carboxylic acids is 3. The van der Waals surface area contributed by atoms with Gasteiger partial charge in [-0.3, -0.25) is 19.3 Å². The average Bonchev–Trinajstić information content (AvgIpc) is 3.30. The van der Waals surface area contributed by atoms with E-state index in [1.165, 1.54) is 23.1 Å². The lowest BCUT2D eigenvalue weighted by Crippen LogP contribution is -2.59. The van der Waals surface area contributed by atoms with Crippen molar-refractivity contribution in [2.45, 2.75) is 31.2 Å². The van der Waals surface area contributed by atoms with Crippen LogP contribution in [0.2, 0.25) is 5.02 Å². The van der Waals surface area contributed by atoms with Crippen LogP contribution in [0.4, 0.5) is 4.39 Å². The van der Waals surface area contributed by atoms with Gasteiger partial charge in [-0.1, -0.05) is 48.0 Å². The number of benzene rings is 3. The third-order valence-corrected chi connectivity index (χ3v) is 7.34. The molecule has 3 amide bonds. The first-order chi connectivity index (χ1) is 18.4. The summed E-state index contributed by atoms with van der Waals surface area (Å²) >= 11 is 5.95. The summed E-state index contributed by atoms with van der Waals surface area (Å²) in [5, 5.41) is 3.44. The number of carbonyl (C=O) groups is 3. The van der Waals surface area contributed by atoms with Crippen LogP contribution in [0.5, 0.6) is 0 Å². The van der Waals surface area contributed by atoms with Crippen LogP contribution in [-0.4, -0.2) is 59.0 Å². The summed E-state index contributed by atoms with van der Waals surface area (Å²) in [4.78, 5) is 43.2. The van der Waals surface area contributed by atoms with Gasteiger partial charge in [-0.15, -0.1) is 0 Å². The molecular formula is C29H27ClFN3O4. The van der Waals surface area contributed by atoms with Gasteiger partial charge in [0.05, 0.1) is 6.61 Å². The molecular weight excluding hydrogens is 509 g/mol. The molecule has 5 rings (SSSR count). The summed E-state index contributed by atoms with van der Waals surface area (Å²) in [5.74, 6) is -1.53. The molecule has 3 aromatic rings. The highest BCUT2D eigenvalue weighted by atomic mass is 35.5. The zero-order valence-electron chi connectivity index (χ0n) is 20.6. The largest absolute Gasteiger partial charge is 0.353 e. The van der Waals surface area contributed by atoms with E-state index in [1.54, 1.807) is 29.2 Å². The average molecular weight is 536 g/mol. The van der Waals surface area contributed by atoms with Crippen LogP contribution in [-0.2, 0) is 16.1 Å². The van der Waals surface area contributed by atoms with Gasteiger partial charge >= 0.3 is 0 Å². The van der Waals surface area contributed by atoms with E-state index in [0.717, 1.165) is 11.6 Å². The van der Waals surface area contributed by atoms with Crippen LogP contribution in [0.25, 0.3) is 0 Å². The second kappa shape index (κ2) is 10.9. The molecule has 2 fully saturated rings. The molecule has 1 spiro atoms. The zero-order valence-corrected chi connectivity index (χ0v) is 21.4. The van der Waals surface area contributed by atoms with Crippen molar-refractivity contribution >= 4 is 29.3 Å². The number of nitrogens with one attached hydrogen (secondary N) is 1. The lowest BCUT2D eigenvalue weighted by Gasteiger charge is -2.44. The van der Waals surface area contributed by atoms with E-state index in [2.05, 4.69) is 5.32 Å². The van der Waals surface area contributed by atoms with Gasteiger partial charge < -0.3 is 15.0 Å². The molecule has 0 aromatic heterocycles. The van der Waals surface area contributed by atoms with Crippen molar-refractivity contribution in [2.24, 2.45) is 0 Å². The summed E-state index contributed by atoms with van der Waals surface area (Å²) in [6, 6.07) is 20.6. The molecule has 0 saturated carbocycles. The fourth-order valence-electron chi connectivity index (χ4n) is 5.06. The maximum absolute atomic E-state index is 14.0. The Kier molecular flexibility index (Phi) is 7.44. The quantitative estimate of drug-likeness (QED) is 0.529. The highest BCUT2D eigenvalue weighted by Gasteiger charge is 2.54. The van der Waals surface area contributed by atoms with Gasteiger partial charge in [0.2, 0.25) is 5.91 Å². The minimum absolute atomic E-state index is 0.00676. The molecule has 2 aliphatic rings. The first-order valence-corrected chi connectivity index (χ1v) is 12.8. The number of rotatable bonds is 5. The number of ether oxygens (including phenoxy) is 1. The molecule has 9 heteroatoms. The highest BCUT2D eigenvalue weighted by molar-refractivity contribution is 6.30. The number of likely N-dealkylation sites (tertiary alicyclic amines) is 1. The lowest BCUT2D eigenvalue weighted by atomic mass is 9.96. The van der Waals surface area contributed by atoms with Gasteiger partial charge in [0.1, 0.15) is 17.6 Å². The Balaban J connectivity index is 1.36. The maximum atomic E-state index is 14.0. The Morgan fingerprint density at radius 2 is 1.63 bits per heavy atom. The van der Waals surface area contributed by atoms with Crippen molar-refractivity contribution in [3.05, 3.63) is 106 Å². The SMILES string of the molecule is O=C(NCc1ccccc1)C1COC2(CCN(C(=O)c3ccc(Cl)cc3)CC2)N1C(=O)c1cccc(F)c1. The Labute approximate surface area is 225 Å². The van der Waals surface area contributed by atoms with Gasteiger partial charge in [0.15, 0.2) is 0 Å². The number of hydrogen-bond acceptors (Lipinski definition) is 4. The highest BCUT2D eigenvalue weighted by Crippen LogP contribution is 2.39. The first kappa shape index (κ1) is 25.9. The van der Waals surface area contributed by atoms with E-state index in [-0.39, 0.29) is 24.0 Å². The summed E-state index contributed by atoms with van der Waals surface area (Å²) < 4.78 is 20.2. The van der Waals surface area contributed by atoms with Crippen molar-refractivity contribution in [3.63, 3.8) is 0 Å². The summed E-state index contributed by atoms with van der Waals surface area (Å²) in [5.41, 5.74) is 0.486. The normalized spacial score (nSPS) is 18.4. The Hall–Kier alpha value is -3.75. The first-order valence-electron chi connectivity index (χ1n) is 12.5. The Morgan fingerprint density at radius 3 is 2.32 bits per heavy atom. The van der Waals surface area contributed by atoms with E-state index in [1.807, 2.05) is 30.3 Å². The van der Waals surface area contributed by atoms with Crippen molar-refractivity contribution in [3.8, 4) is 0 Å². The Bertz CT molecular complexity index is 1330. The molecule has 1 N–H and O–H groups in total. The number of amides is 3. The van der Waals surface area contributed by atoms with Crippen LogP contribution < -0.4 is 5.32 Å². The monoisotopic (exact) mass is 535 g/mol. The summed E-state index contributed by atoms with van der Waals surface area (Å²) in [6.45, 7) is 0.959. The standard InChI is InChI=1S/C29H27ClFN3O4/c30-23-11-9-21(10-12-23)27(36)33-15-13-29(14-16-33)34(28(37)22-7-4-8-24(31)17-22)25(19-38-29)26(35)32-18-20-5-2-1-3-6-20/h1-12,17,25H,13-16,18-19H2,(H,32,35). The second-order valence-corrected chi connectivity index (χ2v) is 9.90. The molecule has 7 nitrogen and oxygen atoms in total. The number of hydrogen-bond donors (Lipinski definition) is 1. The molecule has 3 aromatic carbocycles. The van der Waals surface area contributed by atoms with Crippen molar-refractivity contribution in [2.75, 3.05) is 19.7 Å². The van der Waals surface area contributed by atoms with Crippen molar-refractivity contribution in [1.29, 1.82) is 0 Å². The molecule has 1 atom stereocenters. The van der Waals surface area contributed by atoms with Crippen molar-refractivity contribution in [1.82, 2.24) is 15.1 Å². The van der Waals surface area contributed by atoms with Crippen LogP contribution in [0.1, 0.15) is 39.1 Å². The molecule has 0 aliphatic carbocycles. The topological polar surface area (TPSA) is 79.0 Å². The van der Waals surface area contributed by atoms with Gasteiger partial charge in [0, 0.05) is 48.6 Å². The van der Waals surface area contributed by atoms with E-state index in [9.17, 15) is 18.8 Å². The van der Waals surface area contributed by atoms with Crippen LogP contribution >= 0.6 is 11.6 Å². The summed E-state index contributed by atoms with van der Waals surface area (Å²) in [7, 11) is 0. The van der Waals surface area contributed by atoms with Gasteiger partial charge in [-0.25, -0.2) is 4.39 Å². The van der Waals surface area contributed by atoms with E-state index in [0.29, 0.717) is 43.1 Å². The summed E-state index contributed by atoms with van der Waals surface area (Å²) in [6.07, 6.45) is 0.631. The van der Waals surface area contributed by atoms with Crippen LogP contribution in [0, 0.1) is 5.82 Å². The van der Waals surface area contributed by atoms with Gasteiger partial charge in [-0.2, -0.15) is 0 Å². The van der Waals surface area contributed by atoms with Crippen molar-refractivity contribution < 1.29 is 23.5 Å². The predicted octanol–water partition coefficient (Wildman–Crippen LogP) is 4.27. The maximum Gasteiger partial charge on any atom is 0.256 e.